The molecule has 0 saturated heterocycles. The van der Waals surface area contributed by atoms with Gasteiger partial charge in [0.25, 0.3) is 0 Å². The molecule has 5 aromatic carbocycles. The maximum atomic E-state index is 12.7. The van der Waals surface area contributed by atoms with Gasteiger partial charge in [0.05, 0.1) is 11.8 Å². The molecule has 8 heteroatoms. The molecule has 0 aromatic heterocycles. The minimum atomic E-state index is -1.86. The van der Waals surface area contributed by atoms with Crippen LogP contribution in [-0.2, 0) is 16.6 Å². The van der Waals surface area contributed by atoms with Crippen molar-refractivity contribution in [1.82, 2.24) is 10.6 Å². The Hall–Kier alpha value is -3.87. The molecule has 0 aliphatic rings. The van der Waals surface area contributed by atoms with Crippen molar-refractivity contribution < 1.29 is 4.79 Å². The van der Waals surface area contributed by atoms with Gasteiger partial charge in [-0.15, -0.1) is 0 Å². The zero-order valence-electron chi connectivity index (χ0n) is 23.6. The zero-order chi connectivity index (χ0) is 31.0. The maximum Gasteiger partial charge on any atom is 0.228 e. The van der Waals surface area contributed by atoms with E-state index in [-0.39, 0.29) is 17.4 Å². The second-order valence-corrected chi connectivity index (χ2v) is 13.0. The van der Waals surface area contributed by atoms with Crippen LogP contribution < -0.4 is 16.0 Å². The van der Waals surface area contributed by atoms with Crippen molar-refractivity contribution >= 4 is 63.7 Å². The van der Waals surface area contributed by atoms with Crippen LogP contribution >= 0.6 is 47.0 Å². The van der Waals surface area contributed by atoms with E-state index in [2.05, 4.69) is 101 Å². The molecule has 5 aromatic rings. The van der Waals surface area contributed by atoms with Crippen molar-refractivity contribution in [3.8, 4) is 0 Å². The van der Waals surface area contributed by atoms with Crippen LogP contribution in [0, 0.1) is 0 Å². The van der Waals surface area contributed by atoms with Gasteiger partial charge >= 0.3 is 0 Å². The number of nitrogens with one attached hydrogen (secondary N) is 3. The van der Waals surface area contributed by atoms with Crippen molar-refractivity contribution in [2.24, 2.45) is 0 Å². The lowest BCUT2D eigenvalue weighted by Crippen LogP contribution is -2.56. The molecule has 0 heterocycles. The first-order chi connectivity index (χ1) is 21.3. The normalized spacial score (nSPS) is 12.2. The number of alkyl halides is 3. The summed E-state index contributed by atoms with van der Waals surface area (Å²) in [4.78, 5) is 12.7. The Morgan fingerprint density at radius 1 is 0.591 bits per heavy atom. The highest BCUT2D eigenvalue weighted by atomic mass is 35.6. The zero-order valence-corrected chi connectivity index (χ0v) is 26.7. The van der Waals surface area contributed by atoms with Gasteiger partial charge < -0.3 is 16.0 Å². The van der Waals surface area contributed by atoms with E-state index >= 15 is 0 Å². The molecular formula is C36H30Cl3N3OS. The fourth-order valence-corrected chi connectivity index (χ4v) is 5.92. The van der Waals surface area contributed by atoms with Gasteiger partial charge in [-0.05, 0) is 52.2 Å². The number of amides is 1. The van der Waals surface area contributed by atoms with Crippen molar-refractivity contribution in [2.75, 3.05) is 5.32 Å². The third kappa shape index (κ3) is 7.43. The number of anilines is 1. The predicted molar refractivity (Wildman–Crippen MR) is 186 cm³/mol. The number of rotatable bonds is 9. The van der Waals surface area contributed by atoms with E-state index in [0.717, 1.165) is 33.5 Å². The van der Waals surface area contributed by atoms with E-state index in [9.17, 15) is 4.79 Å². The number of thiocarbonyl (C=S) groups is 1. The Balaban J connectivity index is 1.40. The van der Waals surface area contributed by atoms with E-state index in [1.54, 1.807) is 0 Å². The molecular weight excluding hydrogens is 629 g/mol. The quantitative estimate of drug-likeness (QED) is 0.0645. The molecule has 0 saturated carbocycles. The van der Waals surface area contributed by atoms with E-state index in [4.69, 9.17) is 47.0 Å². The standard InChI is InChI=1S/C36H30Cl3N3OS/c37-36(38,39)33(41-32(43)25-26-13-5-1-6-14-26)42-34(44)40-31-23-21-30(22-24-31)35(27-15-7-2-8-16-27,28-17-9-3-10-18-28)29-19-11-4-12-20-29/h1-24,33H,25H2,(H,41,43)(H2,40,42,44)/t33-/m0/s1. The van der Waals surface area contributed by atoms with Crippen LogP contribution in [-0.4, -0.2) is 21.0 Å². The lowest BCUT2D eigenvalue weighted by Gasteiger charge is -2.37. The van der Waals surface area contributed by atoms with Gasteiger partial charge in [-0.3, -0.25) is 4.79 Å². The Morgan fingerprint density at radius 2 is 1.00 bits per heavy atom. The van der Waals surface area contributed by atoms with E-state index in [1.165, 1.54) is 0 Å². The van der Waals surface area contributed by atoms with Gasteiger partial charge in [-0.25, -0.2) is 0 Å². The molecule has 0 unspecified atom stereocenters. The van der Waals surface area contributed by atoms with Crippen LogP contribution in [0.3, 0.4) is 0 Å². The average molecular weight is 659 g/mol. The van der Waals surface area contributed by atoms with Gasteiger partial charge in [0.1, 0.15) is 6.17 Å². The molecule has 0 bridgehead atoms. The van der Waals surface area contributed by atoms with Crippen LogP contribution in [0.4, 0.5) is 5.69 Å². The molecule has 222 valence electrons. The minimum Gasteiger partial charge on any atom is -0.339 e. The largest absolute Gasteiger partial charge is 0.339 e. The molecule has 0 spiro atoms. The third-order valence-electron chi connectivity index (χ3n) is 7.31. The highest BCUT2D eigenvalue weighted by Gasteiger charge is 2.38. The highest BCUT2D eigenvalue weighted by Crippen LogP contribution is 2.45. The van der Waals surface area contributed by atoms with Crippen molar-refractivity contribution in [1.29, 1.82) is 0 Å². The van der Waals surface area contributed by atoms with Gasteiger partial charge in [-0.1, -0.05) is 168 Å². The summed E-state index contributed by atoms with van der Waals surface area (Å²) in [5.41, 5.74) is 5.52. The third-order valence-corrected chi connectivity index (χ3v) is 8.19. The molecule has 5 rings (SSSR count). The topological polar surface area (TPSA) is 53.2 Å². The fourth-order valence-electron chi connectivity index (χ4n) is 5.36. The van der Waals surface area contributed by atoms with Gasteiger partial charge in [0, 0.05) is 5.69 Å². The molecule has 3 N–H and O–H groups in total. The second kappa shape index (κ2) is 14.3. The Morgan fingerprint density at radius 3 is 1.43 bits per heavy atom. The first-order valence-corrected chi connectivity index (χ1v) is 15.6. The summed E-state index contributed by atoms with van der Waals surface area (Å²) in [6.07, 6.45) is -0.933. The summed E-state index contributed by atoms with van der Waals surface area (Å²) in [6, 6.07) is 48.9. The summed E-state index contributed by atoms with van der Waals surface area (Å²) in [6.45, 7) is 0. The first kappa shape index (κ1) is 31.6. The van der Waals surface area contributed by atoms with Crippen LogP contribution in [0.1, 0.15) is 27.8 Å². The van der Waals surface area contributed by atoms with Crippen LogP contribution in [0.2, 0.25) is 0 Å². The van der Waals surface area contributed by atoms with Crippen molar-refractivity contribution in [2.45, 2.75) is 21.8 Å². The minimum absolute atomic E-state index is 0.132. The molecule has 1 atom stereocenters. The monoisotopic (exact) mass is 657 g/mol. The number of halogens is 3. The number of hydrogen-bond donors (Lipinski definition) is 3. The number of benzene rings is 5. The summed E-state index contributed by atoms with van der Waals surface area (Å²) in [5.74, 6) is -0.314. The van der Waals surface area contributed by atoms with E-state index in [1.807, 2.05) is 60.7 Å². The number of carbonyl (C=O) groups is 1. The Labute approximate surface area is 278 Å². The molecule has 0 aliphatic heterocycles. The highest BCUT2D eigenvalue weighted by molar-refractivity contribution is 7.80. The van der Waals surface area contributed by atoms with Crippen LogP contribution in [0.15, 0.2) is 146 Å². The maximum absolute atomic E-state index is 12.7. The molecule has 0 fully saturated rings. The summed E-state index contributed by atoms with van der Waals surface area (Å²) < 4.78 is -1.86. The molecule has 0 aliphatic carbocycles. The van der Waals surface area contributed by atoms with Crippen LogP contribution in [0.25, 0.3) is 0 Å². The van der Waals surface area contributed by atoms with Gasteiger partial charge in [0.15, 0.2) is 5.11 Å². The van der Waals surface area contributed by atoms with E-state index in [0.29, 0.717) is 0 Å². The Kier molecular flexibility index (Phi) is 10.2. The van der Waals surface area contributed by atoms with Crippen molar-refractivity contribution in [3.63, 3.8) is 0 Å². The number of carbonyl (C=O) groups excluding carboxylic acids is 1. The number of hydrogen-bond acceptors (Lipinski definition) is 2. The van der Waals surface area contributed by atoms with Gasteiger partial charge in [-0.2, -0.15) is 0 Å². The Bertz CT molecular complexity index is 1570. The second-order valence-electron chi connectivity index (χ2n) is 10.2. The summed E-state index contributed by atoms with van der Waals surface area (Å²) in [7, 11) is 0. The summed E-state index contributed by atoms with van der Waals surface area (Å²) >= 11 is 24.2. The lowest BCUT2D eigenvalue weighted by atomic mass is 9.65. The molecule has 0 radical (unpaired) electrons. The smallest absolute Gasteiger partial charge is 0.228 e. The summed E-state index contributed by atoms with van der Waals surface area (Å²) in [5, 5.41) is 9.02. The SMILES string of the molecule is O=C(Cc1ccccc1)N[C@@H](NC(=S)Nc1ccc(C(c2ccccc2)(c2ccccc2)c2ccccc2)cc1)C(Cl)(Cl)Cl. The van der Waals surface area contributed by atoms with Crippen molar-refractivity contribution in [3.05, 3.63) is 173 Å². The lowest BCUT2D eigenvalue weighted by molar-refractivity contribution is -0.121. The molecule has 44 heavy (non-hydrogen) atoms. The molecule has 4 nitrogen and oxygen atoms in total. The first-order valence-electron chi connectivity index (χ1n) is 14.0. The average Bonchev–Trinajstić information content (AvgIpc) is 3.03. The van der Waals surface area contributed by atoms with E-state index < -0.39 is 15.4 Å². The predicted octanol–water partition coefficient (Wildman–Crippen LogP) is 8.41. The van der Waals surface area contributed by atoms with Gasteiger partial charge in [0.2, 0.25) is 9.70 Å². The fraction of sp³-hybridized carbons (Fsp3) is 0.111. The van der Waals surface area contributed by atoms with Crippen LogP contribution in [0.5, 0.6) is 0 Å². The molecule has 1 amide bonds.